The minimum Gasteiger partial charge on any atom is -0.368 e. The number of hydrogen-bond donors (Lipinski definition) is 3. The summed E-state index contributed by atoms with van der Waals surface area (Å²) in [4.78, 5) is 64.7. The molecule has 2 aliphatic heterocycles. The fourth-order valence-electron chi connectivity index (χ4n) is 7.41. The van der Waals surface area contributed by atoms with Gasteiger partial charge in [-0.2, -0.15) is 0 Å². The average Bonchev–Trinajstić information content (AvgIpc) is 3.51. The topological polar surface area (TPSA) is 132 Å². The van der Waals surface area contributed by atoms with Crippen LogP contribution in [0, 0.1) is 5.92 Å². The first kappa shape index (κ1) is 35.2. The summed E-state index contributed by atoms with van der Waals surface area (Å²) in [7, 11) is 0. The number of fused-ring (bicyclic) bond motifs is 1. The molecule has 3 aromatic carbocycles. The third kappa shape index (κ3) is 7.71. The fraction of sp³-hybridized carbons (Fsp3) is 0.385. The number of primary amides is 1. The molecule has 50 heavy (non-hydrogen) atoms. The summed E-state index contributed by atoms with van der Waals surface area (Å²) >= 11 is 6.26. The van der Waals surface area contributed by atoms with Crippen LogP contribution in [0.5, 0.6) is 0 Å². The number of aromatic amines is 1. The highest BCUT2D eigenvalue weighted by Gasteiger charge is 2.46. The minimum atomic E-state index is -0.876. The first-order chi connectivity index (χ1) is 24.1. The standard InChI is InChI=1S/C39H45ClN6O4/c1-25(2)19-33(36(41)47)45-17-18-46(34(38(45)49)22-26-9-4-3-5-10-26)39(50)35(23-28-24-43-31-14-7-6-13-30(28)31)44-16-15-42-32(37(44)48)21-27-11-8-12-29(40)20-27/h3-14,20,24-25,32-35,42-43H,15-19,21-23H2,1-2H3,(H2,41,47). The van der Waals surface area contributed by atoms with Crippen molar-refractivity contribution >= 4 is 46.1 Å². The number of amides is 4. The van der Waals surface area contributed by atoms with Crippen molar-refractivity contribution in [3.05, 3.63) is 107 Å². The Kier molecular flexibility index (Phi) is 10.9. The fourth-order valence-corrected chi connectivity index (χ4v) is 7.63. The number of para-hydroxylation sites is 1. The van der Waals surface area contributed by atoms with Crippen molar-refractivity contribution in [3.63, 3.8) is 0 Å². The molecule has 0 bridgehead atoms. The van der Waals surface area contributed by atoms with Crippen molar-refractivity contribution in [2.75, 3.05) is 26.2 Å². The maximum absolute atomic E-state index is 15.1. The van der Waals surface area contributed by atoms with Crippen molar-refractivity contribution in [3.8, 4) is 0 Å². The van der Waals surface area contributed by atoms with Crippen molar-refractivity contribution in [1.82, 2.24) is 25.0 Å². The number of halogens is 1. The van der Waals surface area contributed by atoms with Gasteiger partial charge in [-0.1, -0.05) is 86.1 Å². The molecule has 10 nitrogen and oxygen atoms in total. The van der Waals surface area contributed by atoms with Gasteiger partial charge < -0.3 is 30.7 Å². The molecule has 4 amide bonds. The number of nitrogens with two attached hydrogens (primary N) is 1. The summed E-state index contributed by atoms with van der Waals surface area (Å²) in [6, 6.07) is 21.8. The SMILES string of the molecule is CC(C)CC(C(N)=O)N1CCN(C(=O)C(Cc2c[nH]c3ccccc23)N2CCNC(Cc3cccc(Cl)c3)C2=O)C(Cc2ccccc2)C1=O. The van der Waals surface area contributed by atoms with Crippen LogP contribution in [0.3, 0.4) is 0 Å². The number of nitrogens with zero attached hydrogens (tertiary/aromatic N) is 3. The summed E-state index contributed by atoms with van der Waals surface area (Å²) < 4.78 is 0. The first-order valence-corrected chi connectivity index (χ1v) is 17.8. The largest absolute Gasteiger partial charge is 0.368 e. The van der Waals surface area contributed by atoms with Crippen LogP contribution in [-0.4, -0.2) is 93.7 Å². The molecule has 3 heterocycles. The van der Waals surface area contributed by atoms with Crippen LogP contribution in [0.15, 0.2) is 85.1 Å². The maximum atomic E-state index is 15.1. The zero-order valence-electron chi connectivity index (χ0n) is 28.6. The Hall–Kier alpha value is -4.67. The number of benzene rings is 3. The minimum absolute atomic E-state index is 0.131. The molecule has 2 fully saturated rings. The molecule has 0 radical (unpaired) electrons. The normalized spacial score (nSPS) is 19.6. The average molecular weight is 697 g/mol. The Labute approximate surface area is 297 Å². The van der Waals surface area contributed by atoms with Crippen molar-refractivity contribution in [2.45, 2.75) is 63.7 Å². The summed E-state index contributed by atoms with van der Waals surface area (Å²) in [6.45, 7) is 5.19. The number of piperazine rings is 2. The Morgan fingerprint density at radius 2 is 1.58 bits per heavy atom. The number of aromatic nitrogens is 1. The van der Waals surface area contributed by atoms with Crippen LogP contribution in [0.1, 0.15) is 37.0 Å². The molecular formula is C39H45ClN6O4. The van der Waals surface area contributed by atoms with Gasteiger partial charge in [-0.25, -0.2) is 0 Å². The van der Waals surface area contributed by atoms with Gasteiger partial charge in [-0.3, -0.25) is 19.2 Å². The number of carbonyl (C=O) groups is 4. The van der Waals surface area contributed by atoms with Crippen molar-refractivity contribution in [2.24, 2.45) is 11.7 Å². The monoisotopic (exact) mass is 696 g/mol. The van der Waals surface area contributed by atoms with Crippen LogP contribution in [0.25, 0.3) is 10.9 Å². The summed E-state index contributed by atoms with van der Waals surface area (Å²) in [5.74, 6) is -1.20. The number of H-pyrrole nitrogens is 1. The molecule has 4 aromatic rings. The van der Waals surface area contributed by atoms with E-state index < -0.39 is 30.1 Å². The lowest BCUT2D eigenvalue weighted by Gasteiger charge is -2.46. The number of carbonyl (C=O) groups excluding carboxylic acids is 4. The number of hydrogen-bond acceptors (Lipinski definition) is 5. The van der Waals surface area contributed by atoms with E-state index in [-0.39, 0.29) is 49.6 Å². The predicted molar refractivity (Wildman–Crippen MR) is 194 cm³/mol. The Bertz CT molecular complexity index is 1840. The Morgan fingerprint density at radius 1 is 0.860 bits per heavy atom. The van der Waals surface area contributed by atoms with Crippen molar-refractivity contribution in [1.29, 1.82) is 0 Å². The van der Waals surface area contributed by atoms with Crippen LogP contribution in [0.2, 0.25) is 5.02 Å². The lowest BCUT2D eigenvalue weighted by Crippen LogP contribution is -2.67. The van der Waals surface area contributed by atoms with Gasteiger partial charge in [-0.05, 0) is 53.6 Å². The highest BCUT2D eigenvalue weighted by molar-refractivity contribution is 6.30. The predicted octanol–water partition coefficient (Wildman–Crippen LogP) is 3.96. The van der Waals surface area contributed by atoms with Gasteiger partial charge >= 0.3 is 0 Å². The molecule has 6 rings (SSSR count). The first-order valence-electron chi connectivity index (χ1n) is 17.4. The van der Waals surface area contributed by atoms with Gasteiger partial charge in [0.2, 0.25) is 23.6 Å². The summed E-state index contributed by atoms with van der Waals surface area (Å²) in [5.41, 5.74) is 9.51. The lowest BCUT2D eigenvalue weighted by atomic mass is 9.94. The van der Waals surface area contributed by atoms with E-state index in [9.17, 15) is 14.4 Å². The zero-order chi connectivity index (χ0) is 35.4. The second-order valence-corrected chi connectivity index (χ2v) is 14.2. The summed E-state index contributed by atoms with van der Waals surface area (Å²) in [6.07, 6.45) is 3.28. The number of nitrogens with one attached hydrogen (secondary N) is 2. The van der Waals surface area contributed by atoms with Crippen molar-refractivity contribution < 1.29 is 19.2 Å². The molecule has 1 aromatic heterocycles. The van der Waals surface area contributed by atoms with Crippen LogP contribution >= 0.6 is 11.6 Å². The van der Waals surface area contributed by atoms with E-state index in [0.717, 1.165) is 27.6 Å². The van der Waals surface area contributed by atoms with Crippen LogP contribution in [-0.2, 0) is 38.4 Å². The van der Waals surface area contributed by atoms with Gasteiger partial charge in [0.25, 0.3) is 0 Å². The molecule has 4 N–H and O–H groups in total. The molecule has 0 saturated carbocycles. The van der Waals surface area contributed by atoms with Gasteiger partial charge in [0.15, 0.2) is 0 Å². The molecule has 0 spiro atoms. The number of rotatable bonds is 12. The van der Waals surface area contributed by atoms with Gasteiger partial charge in [0, 0.05) is 61.1 Å². The third-order valence-electron chi connectivity index (χ3n) is 9.88. The van der Waals surface area contributed by atoms with E-state index in [0.29, 0.717) is 31.0 Å². The van der Waals surface area contributed by atoms with E-state index in [1.807, 2.05) is 92.8 Å². The summed E-state index contributed by atoms with van der Waals surface area (Å²) in [5, 5.41) is 4.92. The molecule has 4 atom stereocenters. The lowest BCUT2D eigenvalue weighted by molar-refractivity contribution is -0.160. The second kappa shape index (κ2) is 15.5. The third-order valence-corrected chi connectivity index (χ3v) is 10.1. The molecule has 2 aliphatic rings. The van der Waals surface area contributed by atoms with Crippen LogP contribution < -0.4 is 11.1 Å². The van der Waals surface area contributed by atoms with E-state index in [1.165, 1.54) is 0 Å². The molecule has 262 valence electrons. The molecule has 2 saturated heterocycles. The van der Waals surface area contributed by atoms with Gasteiger partial charge in [-0.15, -0.1) is 0 Å². The molecule has 0 aliphatic carbocycles. The smallest absolute Gasteiger partial charge is 0.246 e. The van der Waals surface area contributed by atoms with E-state index in [1.54, 1.807) is 20.8 Å². The van der Waals surface area contributed by atoms with E-state index in [4.69, 9.17) is 17.3 Å². The maximum Gasteiger partial charge on any atom is 0.246 e. The molecular weight excluding hydrogens is 652 g/mol. The highest BCUT2D eigenvalue weighted by atomic mass is 35.5. The van der Waals surface area contributed by atoms with Gasteiger partial charge in [0.1, 0.15) is 18.1 Å². The Morgan fingerprint density at radius 3 is 2.32 bits per heavy atom. The van der Waals surface area contributed by atoms with E-state index in [2.05, 4.69) is 10.3 Å². The quantitative estimate of drug-likeness (QED) is 0.207. The molecule has 11 heteroatoms. The highest BCUT2D eigenvalue weighted by Crippen LogP contribution is 2.27. The second-order valence-electron chi connectivity index (χ2n) is 13.8. The zero-order valence-corrected chi connectivity index (χ0v) is 29.3. The van der Waals surface area contributed by atoms with Crippen LogP contribution in [0.4, 0.5) is 0 Å². The molecule has 4 unspecified atom stereocenters. The Balaban J connectivity index is 1.36. The van der Waals surface area contributed by atoms with E-state index >= 15 is 4.79 Å². The van der Waals surface area contributed by atoms with Gasteiger partial charge in [0.05, 0.1) is 6.04 Å².